The highest BCUT2D eigenvalue weighted by Gasteiger charge is 2.41. The van der Waals surface area contributed by atoms with E-state index in [1.165, 1.54) is 32.9 Å². The molecule has 2 aromatic carbocycles. The predicted molar refractivity (Wildman–Crippen MR) is 155 cm³/mol. The number of carbonyl (C=O) groups excluding carboxylic acids is 2. The third-order valence-electron chi connectivity index (χ3n) is 6.45. The monoisotopic (exact) mass is 670 g/mol. The summed E-state index contributed by atoms with van der Waals surface area (Å²) in [4.78, 5) is 28.8. The van der Waals surface area contributed by atoms with Crippen molar-refractivity contribution in [2.45, 2.75) is 70.5 Å². The molecule has 0 saturated heterocycles. The normalized spacial score (nSPS) is 13.2. The largest absolute Gasteiger partial charge is 0.569 e. The Morgan fingerprint density at radius 2 is 1.63 bits per heavy atom. The van der Waals surface area contributed by atoms with Crippen LogP contribution >= 0.6 is 0 Å². The third-order valence-corrected chi connectivity index (χ3v) is 7.79. The molecule has 0 saturated carbocycles. The van der Waals surface area contributed by atoms with Gasteiger partial charge in [0.25, 0.3) is 22.2 Å². The fraction of sp³-hybridized carbons (Fsp3) is 0.393. The zero-order valence-corrected chi connectivity index (χ0v) is 26.7. The molecule has 0 aliphatic carbocycles. The second-order valence-corrected chi connectivity index (χ2v) is 12.4. The van der Waals surface area contributed by atoms with Crippen LogP contribution in [0.5, 0.6) is 0 Å². The molecule has 1 N–H and O–H groups in total. The first-order chi connectivity index (χ1) is 21.2. The molecule has 1 heterocycles. The summed E-state index contributed by atoms with van der Waals surface area (Å²) in [5, 5.41) is 20.1. The van der Waals surface area contributed by atoms with Crippen LogP contribution in [0.4, 0.5) is 18.0 Å². The van der Waals surface area contributed by atoms with Gasteiger partial charge in [-0.05, 0) is 65.0 Å². The van der Waals surface area contributed by atoms with Gasteiger partial charge in [-0.25, -0.2) is 22.6 Å². The van der Waals surface area contributed by atoms with Gasteiger partial charge in [0.05, 0.1) is 34.4 Å². The molecule has 3 rings (SSSR count). The number of aromatic nitrogens is 2. The Balaban J connectivity index is 1.78. The van der Waals surface area contributed by atoms with E-state index in [9.17, 15) is 36.4 Å². The van der Waals surface area contributed by atoms with Crippen LogP contribution < -0.4 is 4.72 Å². The van der Waals surface area contributed by atoms with Crippen molar-refractivity contribution >= 4 is 22.1 Å². The molecule has 0 aliphatic heterocycles. The molecule has 3 aromatic rings. The van der Waals surface area contributed by atoms with E-state index in [4.69, 9.17) is 14.3 Å². The topological polar surface area (TPSA) is 167 Å². The van der Waals surface area contributed by atoms with Crippen LogP contribution in [0.1, 0.15) is 45.9 Å². The maximum Gasteiger partial charge on any atom is 0.511 e. The number of hydrogen-bond donors (Lipinski definition) is 1. The Hall–Kier alpha value is -4.87. The van der Waals surface area contributed by atoms with Crippen molar-refractivity contribution in [1.29, 1.82) is 0 Å². The van der Waals surface area contributed by atoms with Crippen molar-refractivity contribution < 1.29 is 50.5 Å². The van der Waals surface area contributed by atoms with E-state index in [1.807, 2.05) is 11.6 Å². The number of carbonyl (C=O) groups is 2. The van der Waals surface area contributed by atoms with Gasteiger partial charge in [0.15, 0.2) is 11.2 Å². The van der Waals surface area contributed by atoms with E-state index in [2.05, 4.69) is 10.4 Å². The van der Waals surface area contributed by atoms with E-state index >= 15 is 0 Å². The Morgan fingerprint density at radius 3 is 2.17 bits per heavy atom. The second-order valence-electron chi connectivity index (χ2n) is 10.7. The Labute approximate surface area is 262 Å². The first-order valence-corrected chi connectivity index (χ1v) is 15.1. The fourth-order valence-corrected chi connectivity index (χ4v) is 4.72. The molecule has 250 valence electrons. The maximum absolute atomic E-state index is 13.5. The Morgan fingerprint density at radius 1 is 1.04 bits per heavy atom. The number of amides is 1. The summed E-state index contributed by atoms with van der Waals surface area (Å²) in [5.74, 6) is -1.14. The zero-order chi connectivity index (χ0) is 34.6. The van der Waals surface area contributed by atoms with Gasteiger partial charge < -0.3 is 14.7 Å². The van der Waals surface area contributed by atoms with Crippen molar-refractivity contribution in [3.8, 4) is 16.9 Å². The first kappa shape index (κ1) is 35.6. The molecule has 1 atom stereocenters. The number of hydrogen-bond acceptors (Lipinski definition) is 10. The molecular weight excluding hydrogens is 637 g/mol. The quantitative estimate of drug-likeness (QED) is 0.0953. The predicted octanol–water partition coefficient (Wildman–Crippen LogP) is 5.10. The lowest BCUT2D eigenvalue weighted by Crippen LogP contribution is -2.56. The average molecular weight is 671 g/mol. The minimum absolute atomic E-state index is 0.119. The molecule has 0 radical (unpaired) electrons. The molecular formula is C28H33F3N6O8S. The number of halogens is 3. The standard InChI is InChI=1S/C28H33F3N6O8S/c1-17(2)43-26(39)44-19(4)45-34-37(40)35(7)27(5,6)25(38)33-46(41,42)22-14-12-21(13-15-22)36-23(16-24(32-36)28(29,30)31)20-10-8-18(3)9-11-20/h8-17,19H,1-7H3,(H,33,38)/b37-34-. The van der Waals surface area contributed by atoms with Gasteiger partial charge in [0.2, 0.25) is 5.28 Å². The van der Waals surface area contributed by atoms with E-state index in [0.717, 1.165) is 35.5 Å². The highest BCUT2D eigenvalue weighted by atomic mass is 32.2. The van der Waals surface area contributed by atoms with Crippen LogP contribution in [0.25, 0.3) is 16.9 Å². The number of ether oxygens (including phenoxy) is 2. The summed E-state index contributed by atoms with van der Waals surface area (Å²) >= 11 is 0. The average Bonchev–Trinajstić information content (AvgIpc) is 3.41. The van der Waals surface area contributed by atoms with Crippen molar-refractivity contribution in [2.75, 3.05) is 7.05 Å². The van der Waals surface area contributed by atoms with Crippen molar-refractivity contribution in [3.63, 3.8) is 0 Å². The third kappa shape index (κ3) is 8.64. The fourth-order valence-electron chi connectivity index (χ4n) is 3.62. The first-order valence-electron chi connectivity index (χ1n) is 13.6. The molecule has 1 unspecified atom stereocenters. The smallest absolute Gasteiger partial charge is 0.511 e. The zero-order valence-electron chi connectivity index (χ0n) is 25.9. The highest BCUT2D eigenvalue weighted by molar-refractivity contribution is 7.90. The summed E-state index contributed by atoms with van der Waals surface area (Å²) in [7, 11) is -3.40. The van der Waals surface area contributed by atoms with E-state index in [-0.39, 0.29) is 16.4 Å². The van der Waals surface area contributed by atoms with Crippen molar-refractivity contribution in [3.05, 3.63) is 71.1 Å². The van der Waals surface area contributed by atoms with Gasteiger partial charge >= 0.3 is 12.3 Å². The van der Waals surface area contributed by atoms with Gasteiger partial charge in [-0.3, -0.25) is 9.63 Å². The number of nitrogens with one attached hydrogen (secondary N) is 1. The molecule has 0 bridgehead atoms. The van der Waals surface area contributed by atoms with Crippen LogP contribution in [-0.2, 0) is 35.3 Å². The van der Waals surface area contributed by atoms with E-state index in [1.54, 1.807) is 38.1 Å². The lowest BCUT2D eigenvalue weighted by Gasteiger charge is -2.29. The van der Waals surface area contributed by atoms with Crippen LogP contribution in [0.2, 0.25) is 0 Å². The highest BCUT2D eigenvalue weighted by Crippen LogP contribution is 2.33. The number of hydrazine groups is 1. The molecule has 1 amide bonds. The molecule has 14 nitrogen and oxygen atoms in total. The summed E-state index contributed by atoms with van der Waals surface area (Å²) in [6, 6.07) is 12.3. The summed E-state index contributed by atoms with van der Waals surface area (Å²) in [6.45, 7) is 8.71. The molecule has 0 spiro atoms. The minimum Gasteiger partial charge on any atom is -0.569 e. The number of alkyl halides is 3. The van der Waals surface area contributed by atoms with Crippen molar-refractivity contribution in [1.82, 2.24) is 19.5 Å². The summed E-state index contributed by atoms with van der Waals surface area (Å²) in [5.41, 5.74) is -1.38. The number of nitrogens with zero attached hydrogens (tertiary/aromatic N) is 5. The number of rotatable bonds is 11. The number of sulfonamides is 1. The maximum atomic E-state index is 13.5. The lowest BCUT2D eigenvalue weighted by atomic mass is 10.1. The second kappa shape index (κ2) is 13.6. The van der Waals surface area contributed by atoms with E-state index < -0.39 is 56.8 Å². The molecule has 0 fully saturated rings. The molecule has 0 aliphatic rings. The number of likely N-dealkylation sites (N-methyl/N-ethyl adjacent to an activating group) is 1. The van der Waals surface area contributed by atoms with Gasteiger partial charge in [-0.15, -0.1) is 5.01 Å². The summed E-state index contributed by atoms with van der Waals surface area (Å²) in [6.07, 6.45) is -7.60. The van der Waals surface area contributed by atoms with Crippen molar-refractivity contribution in [2.24, 2.45) is 5.28 Å². The Kier molecular flexibility index (Phi) is 10.6. The van der Waals surface area contributed by atoms with Gasteiger partial charge in [0, 0.05) is 12.5 Å². The van der Waals surface area contributed by atoms with E-state index in [0.29, 0.717) is 10.6 Å². The van der Waals surface area contributed by atoms with Crippen LogP contribution in [0.3, 0.4) is 0 Å². The molecule has 1 aromatic heterocycles. The molecule has 18 heteroatoms. The molecule has 46 heavy (non-hydrogen) atoms. The SMILES string of the molecule is Cc1ccc(-c2cc(C(F)(F)F)nn2-c2ccc(S(=O)(=O)NC(=O)C(C)(C)N(C)/[N+]([O-])=N/OC(C)OC(=O)OC(C)C)cc2)cc1. The van der Waals surface area contributed by atoms with Gasteiger partial charge in [-0.2, -0.15) is 18.3 Å². The van der Waals surface area contributed by atoms with Gasteiger partial charge in [-0.1, -0.05) is 29.8 Å². The Bertz CT molecular complexity index is 1690. The minimum atomic E-state index is -4.73. The van der Waals surface area contributed by atoms with Crippen LogP contribution in [0.15, 0.2) is 64.8 Å². The number of aryl methyl sites for hydroxylation is 1. The summed E-state index contributed by atoms with van der Waals surface area (Å²) < 4.78 is 79.1. The van der Waals surface area contributed by atoms with Crippen LogP contribution in [0, 0.1) is 12.1 Å². The lowest BCUT2D eigenvalue weighted by molar-refractivity contribution is -0.718. The number of benzene rings is 2. The van der Waals surface area contributed by atoms with Gasteiger partial charge in [0.1, 0.15) is 0 Å². The van der Waals surface area contributed by atoms with Crippen LogP contribution in [-0.4, -0.2) is 65.2 Å².